The average Bonchev–Trinajstić information content (AvgIpc) is 3.15. The molecule has 176 valence electrons. The lowest BCUT2D eigenvalue weighted by atomic mass is 9.95. The van der Waals surface area contributed by atoms with Gasteiger partial charge in [0.2, 0.25) is 5.91 Å². The third kappa shape index (κ3) is 5.57. The summed E-state index contributed by atoms with van der Waals surface area (Å²) in [4.78, 5) is 17.6. The summed E-state index contributed by atoms with van der Waals surface area (Å²) in [6, 6.07) is 11.3. The Morgan fingerprint density at radius 2 is 2.00 bits per heavy atom. The fourth-order valence-corrected chi connectivity index (χ4v) is 4.84. The largest absolute Gasteiger partial charge is 0.486 e. The smallest absolute Gasteiger partial charge is 0.230 e. The number of carbonyl (C=O) groups excluding carboxylic acids is 1. The molecule has 3 aromatic rings. The van der Waals surface area contributed by atoms with Gasteiger partial charge in [-0.15, -0.1) is 0 Å². The minimum Gasteiger partial charge on any atom is -0.486 e. The summed E-state index contributed by atoms with van der Waals surface area (Å²) in [6.07, 6.45) is 0. The van der Waals surface area contributed by atoms with Crippen LogP contribution in [0.25, 0.3) is 11.0 Å². The summed E-state index contributed by atoms with van der Waals surface area (Å²) in [5.74, 6) is 1.85. The summed E-state index contributed by atoms with van der Waals surface area (Å²) in [6.45, 7) is 6.44. The molecule has 0 saturated carbocycles. The van der Waals surface area contributed by atoms with Crippen molar-refractivity contribution in [1.82, 2.24) is 14.9 Å². The maximum atomic E-state index is 12.9. The van der Waals surface area contributed by atoms with E-state index >= 15 is 0 Å². The van der Waals surface area contributed by atoms with E-state index in [2.05, 4.69) is 23.7 Å². The Balaban J connectivity index is 1.47. The second-order valence-corrected chi connectivity index (χ2v) is 9.53. The topological polar surface area (TPSA) is 74.6 Å². The third-order valence-electron chi connectivity index (χ3n) is 5.44. The summed E-state index contributed by atoms with van der Waals surface area (Å²) in [7, 11) is 1.67. The maximum Gasteiger partial charge on any atom is 0.230 e. The van der Waals surface area contributed by atoms with Crippen molar-refractivity contribution in [3.8, 4) is 11.5 Å². The quantitative estimate of drug-likeness (QED) is 0.439. The second-order valence-electron chi connectivity index (χ2n) is 8.15. The van der Waals surface area contributed by atoms with E-state index < -0.39 is 0 Å². The van der Waals surface area contributed by atoms with E-state index in [4.69, 9.17) is 30.8 Å². The molecule has 4 rings (SSSR count). The molecule has 0 bridgehead atoms. The van der Waals surface area contributed by atoms with Gasteiger partial charge in [-0.3, -0.25) is 4.79 Å². The van der Waals surface area contributed by atoms with Crippen LogP contribution >= 0.6 is 23.4 Å². The Morgan fingerprint density at radius 1 is 1.21 bits per heavy atom. The molecule has 1 aliphatic rings. The fourth-order valence-electron chi connectivity index (χ4n) is 3.82. The molecule has 0 saturated heterocycles. The Bertz CT molecular complexity index is 1130. The van der Waals surface area contributed by atoms with Gasteiger partial charge in [-0.2, -0.15) is 0 Å². The highest BCUT2D eigenvalue weighted by atomic mass is 35.5. The summed E-state index contributed by atoms with van der Waals surface area (Å²) in [5.41, 5.74) is 2.77. The van der Waals surface area contributed by atoms with Crippen molar-refractivity contribution in [2.45, 2.75) is 31.6 Å². The molecule has 2 heterocycles. The van der Waals surface area contributed by atoms with Crippen molar-refractivity contribution in [2.75, 3.05) is 32.7 Å². The van der Waals surface area contributed by atoms with Crippen molar-refractivity contribution in [3.05, 3.63) is 47.0 Å². The molecule has 1 N–H and O–H groups in total. The maximum absolute atomic E-state index is 12.9. The number of rotatable bonds is 9. The molecule has 1 aliphatic heterocycles. The number of halogens is 1. The van der Waals surface area contributed by atoms with E-state index in [1.54, 1.807) is 7.11 Å². The number of aromatic nitrogens is 2. The first-order valence-electron chi connectivity index (χ1n) is 10.9. The predicted molar refractivity (Wildman–Crippen MR) is 130 cm³/mol. The summed E-state index contributed by atoms with van der Waals surface area (Å²) >= 11 is 7.55. The predicted octanol–water partition coefficient (Wildman–Crippen LogP) is 4.71. The molecule has 1 aromatic heterocycles. The van der Waals surface area contributed by atoms with Crippen LogP contribution in [0.15, 0.2) is 41.6 Å². The number of nitrogens with zero attached hydrogens (tertiary/aromatic N) is 2. The number of hydrogen-bond acceptors (Lipinski definition) is 6. The fraction of sp³-hybridized carbons (Fsp3) is 0.417. The lowest BCUT2D eigenvalue weighted by Gasteiger charge is -2.25. The number of thioether (sulfide) groups is 1. The number of amides is 1. The van der Waals surface area contributed by atoms with E-state index in [1.165, 1.54) is 11.8 Å². The van der Waals surface area contributed by atoms with Crippen LogP contribution in [0.1, 0.15) is 25.5 Å². The standard InChI is InChI=1S/C24H28ClN3O4S/c1-15(2)23(16-4-7-20-21(12-16)32-11-10-31-20)27-22(29)14-33-24-26-18-13-17(25)5-6-19(18)28(24)8-9-30-3/h4-7,12-13,15,23H,8-11,14H2,1-3H3,(H,27,29). The molecule has 0 fully saturated rings. The van der Waals surface area contributed by atoms with Gasteiger partial charge in [0.15, 0.2) is 16.7 Å². The van der Waals surface area contributed by atoms with Crippen LogP contribution in [0.5, 0.6) is 11.5 Å². The number of carbonyl (C=O) groups is 1. The zero-order valence-electron chi connectivity index (χ0n) is 19.0. The van der Waals surface area contributed by atoms with Gasteiger partial charge in [-0.05, 0) is 41.8 Å². The normalized spacial score (nSPS) is 14.0. The van der Waals surface area contributed by atoms with Crippen molar-refractivity contribution >= 4 is 40.3 Å². The van der Waals surface area contributed by atoms with E-state index in [-0.39, 0.29) is 23.6 Å². The number of hydrogen-bond donors (Lipinski definition) is 1. The van der Waals surface area contributed by atoms with E-state index in [0.717, 1.165) is 33.3 Å². The zero-order chi connectivity index (χ0) is 23.4. The Morgan fingerprint density at radius 3 is 2.76 bits per heavy atom. The van der Waals surface area contributed by atoms with Crippen molar-refractivity contribution in [3.63, 3.8) is 0 Å². The van der Waals surface area contributed by atoms with Gasteiger partial charge in [-0.25, -0.2) is 4.98 Å². The second kappa shape index (κ2) is 10.7. The first-order chi connectivity index (χ1) is 16.0. The number of ether oxygens (including phenoxy) is 3. The van der Waals surface area contributed by atoms with Crippen LogP contribution in [0.3, 0.4) is 0 Å². The van der Waals surface area contributed by atoms with Crippen LogP contribution in [0.4, 0.5) is 0 Å². The number of benzene rings is 2. The number of methoxy groups -OCH3 is 1. The lowest BCUT2D eigenvalue weighted by Crippen LogP contribution is -2.33. The first kappa shape index (κ1) is 23.7. The minimum absolute atomic E-state index is 0.0584. The van der Waals surface area contributed by atoms with Gasteiger partial charge in [0.05, 0.1) is 29.4 Å². The minimum atomic E-state index is -0.139. The molecule has 9 heteroatoms. The molecule has 33 heavy (non-hydrogen) atoms. The number of imidazole rings is 1. The van der Waals surface area contributed by atoms with Crippen molar-refractivity contribution in [1.29, 1.82) is 0 Å². The molecule has 7 nitrogen and oxygen atoms in total. The molecule has 0 radical (unpaired) electrons. The average molecular weight is 490 g/mol. The highest BCUT2D eigenvalue weighted by Crippen LogP contribution is 2.34. The van der Waals surface area contributed by atoms with E-state index in [1.807, 2.05) is 36.4 Å². The highest BCUT2D eigenvalue weighted by molar-refractivity contribution is 7.99. The molecule has 2 aromatic carbocycles. The molecule has 0 aliphatic carbocycles. The van der Waals surface area contributed by atoms with Crippen LogP contribution in [-0.4, -0.2) is 48.1 Å². The lowest BCUT2D eigenvalue weighted by molar-refractivity contribution is -0.119. The first-order valence-corrected chi connectivity index (χ1v) is 12.3. The summed E-state index contributed by atoms with van der Waals surface area (Å²) < 4.78 is 18.6. The van der Waals surface area contributed by atoms with Crippen LogP contribution in [-0.2, 0) is 16.1 Å². The van der Waals surface area contributed by atoms with Gasteiger partial charge >= 0.3 is 0 Å². The molecule has 1 amide bonds. The summed E-state index contributed by atoms with van der Waals surface area (Å²) in [5, 5.41) is 4.57. The van der Waals surface area contributed by atoms with Gasteiger partial charge < -0.3 is 24.1 Å². The molecular formula is C24H28ClN3O4S. The van der Waals surface area contributed by atoms with Gasteiger partial charge in [0.1, 0.15) is 13.2 Å². The monoisotopic (exact) mass is 489 g/mol. The van der Waals surface area contributed by atoms with Crippen LogP contribution in [0, 0.1) is 5.92 Å². The molecule has 1 atom stereocenters. The molecular weight excluding hydrogens is 462 g/mol. The molecule has 1 unspecified atom stereocenters. The van der Waals surface area contributed by atoms with E-state index in [9.17, 15) is 4.79 Å². The van der Waals surface area contributed by atoms with Gasteiger partial charge in [0.25, 0.3) is 0 Å². The zero-order valence-corrected chi connectivity index (χ0v) is 20.5. The van der Waals surface area contributed by atoms with Gasteiger partial charge in [-0.1, -0.05) is 43.3 Å². The number of fused-ring (bicyclic) bond motifs is 2. The van der Waals surface area contributed by atoms with Crippen molar-refractivity contribution in [2.24, 2.45) is 5.92 Å². The Kier molecular flexibility index (Phi) is 7.67. The number of nitrogens with one attached hydrogen (secondary N) is 1. The van der Waals surface area contributed by atoms with Crippen LogP contribution in [0.2, 0.25) is 5.02 Å². The SMILES string of the molecule is COCCn1c(SCC(=O)NC(c2ccc3c(c2)OCCO3)C(C)C)nc2cc(Cl)ccc21. The highest BCUT2D eigenvalue weighted by Gasteiger charge is 2.22. The Labute approximate surface area is 202 Å². The Hall–Kier alpha value is -2.42. The molecule has 0 spiro atoms. The van der Waals surface area contributed by atoms with Gasteiger partial charge in [0, 0.05) is 18.7 Å². The van der Waals surface area contributed by atoms with E-state index in [0.29, 0.717) is 31.4 Å². The van der Waals surface area contributed by atoms with Crippen molar-refractivity contribution < 1.29 is 19.0 Å². The third-order valence-corrected chi connectivity index (χ3v) is 6.65. The van der Waals surface area contributed by atoms with Crippen LogP contribution < -0.4 is 14.8 Å².